The number of morpholine rings is 1. The third-order valence-corrected chi connectivity index (χ3v) is 4.79. The van der Waals surface area contributed by atoms with Crippen molar-refractivity contribution in [2.45, 2.75) is 26.1 Å². The summed E-state index contributed by atoms with van der Waals surface area (Å²) in [6, 6.07) is 5.90. The fourth-order valence-corrected chi connectivity index (χ4v) is 3.23. The second-order valence-electron chi connectivity index (χ2n) is 7.20. The number of carbonyl (C=O) groups is 1. The first-order valence-corrected chi connectivity index (χ1v) is 10.1. The highest BCUT2D eigenvalue weighted by atomic mass is 19.1. The SMILES string of the molecule is COc1cc(CNC(=O)c2cc(-c3nnn(C[C@@H]4CNCCO4)n3)nc(C)n2)ccc1F. The smallest absolute Gasteiger partial charge is 0.270 e. The van der Waals surface area contributed by atoms with Crippen LogP contribution in [0.25, 0.3) is 11.5 Å². The van der Waals surface area contributed by atoms with E-state index >= 15 is 0 Å². The lowest BCUT2D eigenvalue weighted by Gasteiger charge is -2.22. The lowest BCUT2D eigenvalue weighted by Crippen LogP contribution is -2.41. The van der Waals surface area contributed by atoms with Crippen LogP contribution in [0.3, 0.4) is 0 Å². The van der Waals surface area contributed by atoms with Crippen molar-refractivity contribution in [1.29, 1.82) is 0 Å². The number of hydrogen-bond donors (Lipinski definition) is 2. The number of tetrazole rings is 1. The van der Waals surface area contributed by atoms with Gasteiger partial charge in [-0.3, -0.25) is 4.79 Å². The molecule has 32 heavy (non-hydrogen) atoms. The van der Waals surface area contributed by atoms with E-state index in [4.69, 9.17) is 9.47 Å². The van der Waals surface area contributed by atoms with Gasteiger partial charge < -0.3 is 20.1 Å². The molecule has 0 aliphatic carbocycles. The Balaban J connectivity index is 1.44. The molecule has 1 amide bonds. The van der Waals surface area contributed by atoms with Crippen molar-refractivity contribution >= 4 is 5.91 Å². The van der Waals surface area contributed by atoms with Crippen LogP contribution in [0.2, 0.25) is 0 Å². The summed E-state index contributed by atoms with van der Waals surface area (Å²) in [4.78, 5) is 22.6. The first-order chi connectivity index (χ1) is 15.5. The zero-order chi connectivity index (χ0) is 22.5. The molecule has 3 heterocycles. The predicted molar refractivity (Wildman–Crippen MR) is 110 cm³/mol. The van der Waals surface area contributed by atoms with E-state index in [1.807, 2.05) is 0 Å². The molecule has 168 valence electrons. The third-order valence-electron chi connectivity index (χ3n) is 4.79. The second-order valence-corrected chi connectivity index (χ2v) is 7.20. The van der Waals surface area contributed by atoms with Gasteiger partial charge in [-0.25, -0.2) is 14.4 Å². The van der Waals surface area contributed by atoms with Crippen LogP contribution in [0.4, 0.5) is 4.39 Å². The van der Waals surface area contributed by atoms with Crippen LogP contribution < -0.4 is 15.4 Å². The number of hydrogen-bond acceptors (Lipinski definition) is 9. The van der Waals surface area contributed by atoms with Gasteiger partial charge in [0.1, 0.15) is 17.2 Å². The Morgan fingerprint density at radius 3 is 3.03 bits per heavy atom. The molecule has 1 aliphatic heterocycles. The van der Waals surface area contributed by atoms with Gasteiger partial charge in [-0.1, -0.05) is 6.07 Å². The van der Waals surface area contributed by atoms with Crippen molar-refractivity contribution in [3.05, 3.63) is 47.2 Å². The Bertz CT molecular complexity index is 1100. The fourth-order valence-electron chi connectivity index (χ4n) is 3.23. The first-order valence-electron chi connectivity index (χ1n) is 10.1. The molecule has 0 unspecified atom stereocenters. The van der Waals surface area contributed by atoms with Crippen LogP contribution >= 0.6 is 0 Å². The number of nitrogens with zero attached hydrogens (tertiary/aromatic N) is 6. The van der Waals surface area contributed by atoms with E-state index in [1.54, 1.807) is 13.0 Å². The molecule has 12 heteroatoms. The van der Waals surface area contributed by atoms with E-state index < -0.39 is 11.7 Å². The van der Waals surface area contributed by atoms with Crippen molar-refractivity contribution in [3.8, 4) is 17.3 Å². The molecule has 0 radical (unpaired) electrons. The Morgan fingerprint density at radius 2 is 2.25 bits per heavy atom. The third kappa shape index (κ3) is 5.21. The fraction of sp³-hybridized carbons (Fsp3) is 0.400. The highest BCUT2D eigenvalue weighted by Gasteiger charge is 2.18. The molecule has 2 aromatic heterocycles. The van der Waals surface area contributed by atoms with E-state index in [0.717, 1.165) is 6.54 Å². The minimum absolute atomic E-state index is 0.0376. The number of carbonyl (C=O) groups excluding carboxylic acids is 1. The summed E-state index contributed by atoms with van der Waals surface area (Å²) in [6.07, 6.45) is -0.0376. The van der Waals surface area contributed by atoms with Gasteiger partial charge in [0.25, 0.3) is 5.91 Å². The van der Waals surface area contributed by atoms with Crippen LogP contribution in [0.5, 0.6) is 5.75 Å². The summed E-state index contributed by atoms with van der Waals surface area (Å²) in [6.45, 7) is 4.49. The maximum absolute atomic E-state index is 13.6. The van der Waals surface area contributed by atoms with Crippen molar-refractivity contribution in [3.63, 3.8) is 0 Å². The number of ether oxygens (including phenoxy) is 2. The van der Waals surface area contributed by atoms with Gasteiger partial charge in [0.05, 0.1) is 26.4 Å². The van der Waals surface area contributed by atoms with E-state index in [1.165, 1.54) is 30.1 Å². The van der Waals surface area contributed by atoms with E-state index in [9.17, 15) is 9.18 Å². The van der Waals surface area contributed by atoms with Crippen LogP contribution in [0.15, 0.2) is 24.3 Å². The zero-order valence-corrected chi connectivity index (χ0v) is 17.7. The Labute approximate surface area is 183 Å². The molecule has 0 spiro atoms. The molecule has 11 nitrogen and oxygen atoms in total. The normalized spacial score (nSPS) is 16.0. The zero-order valence-electron chi connectivity index (χ0n) is 17.7. The van der Waals surface area contributed by atoms with Gasteiger partial charge in [0, 0.05) is 19.6 Å². The molecule has 1 aromatic carbocycles. The van der Waals surface area contributed by atoms with Gasteiger partial charge in [-0.15, -0.1) is 10.2 Å². The number of amides is 1. The predicted octanol–water partition coefficient (Wildman–Crippen LogP) is 0.505. The van der Waals surface area contributed by atoms with Gasteiger partial charge in [0.2, 0.25) is 5.82 Å². The average Bonchev–Trinajstić information content (AvgIpc) is 3.27. The van der Waals surface area contributed by atoms with Crippen molar-refractivity contribution in [2.24, 2.45) is 0 Å². The van der Waals surface area contributed by atoms with Gasteiger partial charge in [-0.05, 0) is 35.9 Å². The molecular formula is C20H23FN8O3. The standard InChI is InChI=1S/C20H23FN8O3/c1-12-24-16(19-26-28-29(27-19)11-14-10-22-5-6-32-14)8-17(25-12)20(30)23-9-13-3-4-15(21)18(7-13)31-2/h3-4,7-8,14,22H,5-6,9-11H2,1-2H3,(H,23,30)/t14-/m0/s1. The van der Waals surface area contributed by atoms with Gasteiger partial charge >= 0.3 is 0 Å². The van der Waals surface area contributed by atoms with Crippen LogP contribution in [-0.2, 0) is 17.8 Å². The summed E-state index contributed by atoms with van der Waals surface area (Å²) < 4.78 is 24.2. The number of nitrogens with one attached hydrogen (secondary N) is 2. The Morgan fingerprint density at radius 1 is 1.38 bits per heavy atom. The number of rotatable bonds is 7. The summed E-state index contributed by atoms with van der Waals surface area (Å²) >= 11 is 0. The van der Waals surface area contributed by atoms with Crippen molar-refractivity contribution in [2.75, 3.05) is 26.8 Å². The van der Waals surface area contributed by atoms with Gasteiger partial charge in [-0.2, -0.15) is 4.80 Å². The van der Waals surface area contributed by atoms with Crippen molar-refractivity contribution < 1.29 is 18.7 Å². The summed E-state index contributed by atoms with van der Waals surface area (Å²) in [5.74, 6) is -0.0797. The van der Waals surface area contributed by atoms with Gasteiger partial charge in [0.15, 0.2) is 11.6 Å². The molecule has 1 atom stereocenters. The van der Waals surface area contributed by atoms with E-state index in [-0.39, 0.29) is 29.9 Å². The highest BCUT2D eigenvalue weighted by molar-refractivity contribution is 5.93. The lowest BCUT2D eigenvalue weighted by atomic mass is 10.2. The summed E-state index contributed by atoms with van der Waals surface area (Å²) in [5, 5.41) is 18.5. The summed E-state index contributed by atoms with van der Waals surface area (Å²) in [5.41, 5.74) is 1.24. The Kier molecular flexibility index (Phi) is 6.61. The number of benzene rings is 1. The summed E-state index contributed by atoms with van der Waals surface area (Å²) in [7, 11) is 1.38. The van der Waals surface area contributed by atoms with Crippen LogP contribution in [0.1, 0.15) is 21.9 Å². The van der Waals surface area contributed by atoms with Crippen LogP contribution in [-0.4, -0.2) is 69.0 Å². The first kappa shape index (κ1) is 21.7. The average molecular weight is 442 g/mol. The maximum Gasteiger partial charge on any atom is 0.270 e. The van der Waals surface area contributed by atoms with E-state index in [0.29, 0.717) is 36.8 Å². The molecule has 1 fully saturated rings. The number of aryl methyl sites for hydroxylation is 1. The molecule has 4 rings (SSSR count). The second kappa shape index (κ2) is 9.75. The monoisotopic (exact) mass is 442 g/mol. The molecule has 3 aromatic rings. The molecule has 0 saturated carbocycles. The Hall–Kier alpha value is -3.51. The minimum atomic E-state index is -0.467. The molecule has 2 N–H and O–H groups in total. The quantitative estimate of drug-likeness (QED) is 0.537. The van der Waals surface area contributed by atoms with Crippen molar-refractivity contribution in [1.82, 2.24) is 40.8 Å². The highest BCUT2D eigenvalue weighted by Crippen LogP contribution is 2.18. The molecule has 1 aliphatic rings. The van der Waals surface area contributed by atoms with Crippen LogP contribution in [0, 0.1) is 12.7 Å². The molecule has 1 saturated heterocycles. The minimum Gasteiger partial charge on any atom is -0.494 e. The number of aromatic nitrogens is 6. The number of halogens is 1. The largest absolute Gasteiger partial charge is 0.494 e. The number of methoxy groups -OCH3 is 1. The lowest BCUT2D eigenvalue weighted by molar-refractivity contribution is 0.0133. The topological polar surface area (TPSA) is 129 Å². The van der Waals surface area contributed by atoms with E-state index in [2.05, 4.69) is 36.0 Å². The molecule has 0 bridgehead atoms. The molecular weight excluding hydrogens is 419 g/mol. The maximum atomic E-state index is 13.6.